The highest BCUT2D eigenvalue weighted by atomic mass is 16.5. The molecule has 0 unspecified atom stereocenters. The third-order valence-electron chi connectivity index (χ3n) is 3.12. The van der Waals surface area contributed by atoms with Crippen molar-refractivity contribution in [2.45, 2.75) is 13.8 Å². The molecule has 0 fully saturated rings. The van der Waals surface area contributed by atoms with Crippen LogP contribution in [0.25, 0.3) is 11.1 Å². The molecule has 0 saturated carbocycles. The van der Waals surface area contributed by atoms with Crippen LogP contribution < -0.4 is 4.74 Å². The van der Waals surface area contributed by atoms with E-state index in [0.717, 1.165) is 34.3 Å². The van der Waals surface area contributed by atoms with Gasteiger partial charge in [0.2, 0.25) is 0 Å². The van der Waals surface area contributed by atoms with Crippen LogP contribution in [-0.4, -0.2) is 13.4 Å². The van der Waals surface area contributed by atoms with Crippen LogP contribution in [-0.2, 0) is 0 Å². The second kappa shape index (κ2) is 5.05. The van der Waals surface area contributed by atoms with Crippen molar-refractivity contribution < 1.29 is 9.53 Å². The van der Waals surface area contributed by atoms with Gasteiger partial charge in [0, 0.05) is 5.56 Å². The van der Waals surface area contributed by atoms with Crippen LogP contribution in [0.5, 0.6) is 5.75 Å². The van der Waals surface area contributed by atoms with Gasteiger partial charge in [-0.3, -0.25) is 4.79 Å². The van der Waals surface area contributed by atoms with Crippen molar-refractivity contribution in [3.05, 3.63) is 53.1 Å². The van der Waals surface area contributed by atoms with Gasteiger partial charge in [-0.25, -0.2) is 0 Å². The molecular formula is C16H16O2. The average molecular weight is 240 g/mol. The highest BCUT2D eigenvalue weighted by molar-refractivity contribution is 5.88. The zero-order valence-corrected chi connectivity index (χ0v) is 10.9. The van der Waals surface area contributed by atoms with Gasteiger partial charge in [-0.15, -0.1) is 0 Å². The Morgan fingerprint density at radius 3 is 2.39 bits per heavy atom. The molecule has 2 nitrogen and oxygen atoms in total. The summed E-state index contributed by atoms with van der Waals surface area (Å²) in [4.78, 5) is 11.1. The number of hydrogen-bond donors (Lipinski definition) is 0. The number of aryl methyl sites for hydroxylation is 2. The van der Waals surface area contributed by atoms with E-state index in [-0.39, 0.29) is 0 Å². The molecule has 2 aromatic carbocycles. The predicted molar refractivity (Wildman–Crippen MR) is 73.3 cm³/mol. The number of ether oxygens (including phenoxy) is 1. The summed E-state index contributed by atoms with van der Waals surface area (Å²) >= 11 is 0. The quantitative estimate of drug-likeness (QED) is 0.763. The number of methoxy groups -OCH3 is 1. The second-order valence-electron chi connectivity index (χ2n) is 4.34. The summed E-state index contributed by atoms with van der Waals surface area (Å²) in [6.45, 7) is 4.03. The zero-order chi connectivity index (χ0) is 13.1. The van der Waals surface area contributed by atoms with E-state index in [1.807, 2.05) is 44.2 Å². The minimum atomic E-state index is 0.713. The van der Waals surface area contributed by atoms with Gasteiger partial charge in [-0.2, -0.15) is 0 Å². The molecular weight excluding hydrogens is 224 g/mol. The second-order valence-corrected chi connectivity index (χ2v) is 4.34. The largest absolute Gasteiger partial charge is 0.496 e. The molecule has 2 aromatic rings. The Balaban J connectivity index is 2.64. The van der Waals surface area contributed by atoms with Crippen molar-refractivity contribution in [2.75, 3.05) is 7.11 Å². The van der Waals surface area contributed by atoms with Gasteiger partial charge in [-0.05, 0) is 48.2 Å². The smallest absolute Gasteiger partial charge is 0.150 e. The molecule has 0 amide bonds. The van der Waals surface area contributed by atoms with E-state index >= 15 is 0 Å². The minimum Gasteiger partial charge on any atom is -0.496 e. The molecule has 0 aliphatic carbocycles. The fraction of sp³-hybridized carbons (Fsp3) is 0.188. The lowest BCUT2D eigenvalue weighted by molar-refractivity contribution is 0.112. The van der Waals surface area contributed by atoms with E-state index in [2.05, 4.69) is 6.07 Å². The van der Waals surface area contributed by atoms with Crippen molar-refractivity contribution in [3.8, 4) is 16.9 Å². The average Bonchev–Trinajstić information content (AvgIpc) is 2.41. The molecule has 0 N–H and O–H groups in total. The molecule has 0 bridgehead atoms. The SMILES string of the molecule is COc1cc(C)c(-c2ccccc2C=O)cc1C. The molecule has 2 rings (SSSR count). The first kappa shape index (κ1) is 12.4. The summed E-state index contributed by atoms with van der Waals surface area (Å²) in [5, 5.41) is 0. The molecule has 0 aromatic heterocycles. The molecule has 92 valence electrons. The Kier molecular flexibility index (Phi) is 3.47. The topological polar surface area (TPSA) is 26.3 Å². The zero-order valence-electron chi connectivity index (χ0n) is 10.9. The highest BCUT2D eigenvalue weighted by Crippen LogP contribution is 2.31. The summed E-state index contributed by atoms with van der Waals surface area (Å²) in [6, 6.07) is 11.7. The lowest BCUT2D eigenvalue weighted by atomic mass is 9.94. The molecule has 18 heavy (non-hydrogen) atoms. The van der Waals surface area contributed by atoms with Gasteiger partial charge in [-0.1, -0.05) is 24.3 Å². The summed E-state index contributed by atoms with van der Waals surface area (Å²) in [5.74, 6) is 0.875. The fourth-order valence-electron chi connectivity index (χ4n) is 2.14. The van der Waals surface area contributed by atoms with Gasteiger partial charge >= 0.3 is 0 Å². The first-order chi connectivity index (χ1) is 8.67. The molecule has 0 atom stereocenters. The number of carbonyl (C=O) groups excluding carboxylic acids is 1. The lowest BCUT2D eigenvalue weighted by Crippen LogP contribution is -1.93. The van der Waals surface area contributed by atoms with Crippen molar-refractivity contribution >= 4 is 6.29 Å². The van der Waals surface area contributed by atoms with E-state index in [1.165, 1.54) is 0 Å². The van der Waals surface area contributed by atoms with Crippen LogP contribution in [0.2, 0.25) is 0 Å². The number of hydrogen-bond acceptors (Lipinski definition) is 2. The molecule has 0 aliphatic heterocycles. The minimum absolute atomic E-state index is 0.713. The van der Waals surface area contributed by atoms with E-state index in [4.69, 9.17) is 4.74 Å². The Hall–Kier alpha value is -2.09. The Morgan fingerprint density at radius 2 is 1.72 bits per heavy atom. The van der Waals surface area contributed by atoms with Crippen LogP contribution in [0.4, 0.5) is 0 Å². The number of aldehydes is 1. The number of carbonyl (C=O) groups is 1. The van der Waals surface area contributed by atoms with E-state index in [1.54, 1.807) is 7.11 Å². The normalized spacial score (nSPS) is 10.2. The predicted octanol–water partition coefficient (Wildman–Crippen LogP) is 3.79. The molecule has 0 aliphatic rings. The summed E-state index contributed by atoms with van der Waals surface area (Å²) in [7, 11) is 1.67. The van der Waals surface area contributed by atoms with Gasteiger partial charge < -0.3 is 4.74 Å². The molecule has 0 radical (unpaired) electrons. The summed E-state index contributed by atoms with van der Waals surface area (Å²) < 4.78 is 5.30. The van der Waals surface area contributed by atoms with Crippen molar-refractivity contribution in [2.24, 2.45) is 0 Å². The van der Waals surface area contributed by atoms with Gasteiger partial charge in [0.25, 0.3) is 0 Å². The number of benzene rings is 2. The van der Waals surface area contributed by atoms with Crippen LogP contribution in [0.3, 0.4) is 0 Å². The number of rotatable bonds is 3. The molecule has 2 heteroatoms. The van der Waals surface area contributed by atoms with Crippen LogP contribution in [0.1, 0.15) is 21.5 Å². The van der Waals surface area contributed by atoms with E-state index < -0.39 is 0 Å². The van der Waals surface area contributed by atoms with Crippen LogP contribution >= 0.6 is 0 Å². The third kappa shape index (κ3) is 2.14. The summed E-state index contributed by atoms with van der Waals surface area (Å²) in [6.07, 6.45) is 0.897. The molecule has 0 saturated heterocycles. The molecule has 0 heterocycles. The van der Waals surface area contributed by atoms with Gasteiger partial charge in [0.05, 0.1) is 7.11 Å². The standard InChI is InChI=1S/C16H16O2/c1-11-9-16(18-3)12(2)8-15(11)14-7-5-4-6-13(14)10-17/h4-10H,1-3H3. The lowest BCUT2D eigenvalue weighted by Gasteiger charge is -2.12. The van der Waals surface area contributed by atoms with Gasteiger partial charge in [0.15, 0.2) is 6.29 Å². The van der Waals surface area contributed by atoms with Crippen molar-refractivity contribution in [1.82, 2.24) is 0 Å². The van der Waals surface area contributed by atoms with Crippen LogP contribution in [0.15, 0.2) is 36.4 Å². The van der Waals surface area contributed by atoms with Crippen LogP contribution in [0, 0.1) is 13.8 Å². The first-order valence-electron chi connectivity index (χ1n) is 5.87. The highest BCUT2D eigenvalue weighted by Gasteiger charge is 2.09. The Morgan fingerprint density at radius 1 is 1.00 bits per heavy atom. The first-order valence-corrected chi connectivity index (χ1v) is 5.87. The maximum absolute atomic E-state index is 11.1. The third-order valence-corrected chi connectivity index (χ3v) is 3.12. The Labute approximate surface area is 107 Å². The maximum atomic E-state index is 11.1. The Bertz CT molecular complexity index is 586. The maximum Gasteiger partial charge on any atom is 0.150 e. The van der Waals surface area contributed by atoms with Crippen molar-refractivity contribution in [3.63, 3.8) is 0 Å². The van der Waals surface area contributed by atoms with Crippen molar-refractivity contribution in [1.29, 1.82) is 0 Å². The van der Waals surface area contributed by atoms with E-state index in [0.29, 0.717) is 5.56 Å². The fourth-order valence-corrected chi connectivity index (χ4v) is 2.14. The monoisotopic (exact) mass is 240 g/mol. The molecule has 0 spiro atoms. The van der Waals surface area contributed by atoms with Gasteiger partial charge in [0.1, 0.15) is 5.75 Å². The summed E-state index contributed by atoms with van der Waals surface area (Å²) in [5.41, 5.74) is 4.93. The van der Waals surface area contributed by atoms with E-state index in [9.17, 15) is 4.79 Å².